The quantitative estimate of drug-likeness (QED) is 0.435. The summed E-state index contributed by atoms with van der Waals surface area (Å²) in [6.45, 7) is 0.333. The molecule has 2 heterocycles. The van der Waals surface area contributed by atoms with Crippen molar-refractivity contribution in [3.05, 3.63) is 0 Å². The molecule has 0 unspecified atom stereocenters. The summed E-state index contributed by atoms with van der Waals surface area (Å²) >= 11 is 0. The van der Waals surface area contributed by atoms with Crippen LogP contribution in [-0.4, -0.2) is 130 Å². The Bertz CT molecular complexity index is 481. The van der Waals surface area contributed by atoms with E-state index in [0.717, 1.165) is 0 Å². The predicted octanol–water partition coefficient (Wildman–Crippen LogP) is -0.818. The van der Waals surface area contributed by atoms with Gasteiger partial charge in [-0.2, -0.15) is 0 Å². The summed E-state index contributed by atoms with van der Waals surface area (Å²) in [5.41, 5.74) is 0. The molecule has 2 aliphatic rings. The third-order valence-corrected chi connectivity index (χ3v) is 5.56. The van der Waals surface area contributed by atoms with Gasteiger partial charge in [0.2, 0.25) is 0 Å². The molecule has 0 aromatic rings. The fourth-order valence-corrected chi connectivity index (χ4v) is 4.06. The van der Waals surface area contributed by atoms with E-state index in [0.29, 0.717) is 0 Å². The van der Waals surface area contributed by atoms with Crippen LogP contribution in [0.1, 0.15) is 0 Å². The molecule has 2 saturated heterocycles. The van der Waals surface area contributed by atoms with Crippen LogP contribution < -0.4 is 0 Å². The summed E-state index contributed by atoms with van der Waals surface area (Å²) in [6.07, 6.45) is -6.39. The normalized spacial score (nSPS) is 42.4. The Hall–Kier alpha value is -0.440. The van der Waals surface area contributed by atoms with Gasteiger partial charge in [0.15, 0.2) is 12.6 Å². The summed E-state index contributed by atoms with van der Waals surface area (Å²) in [5.74, 6) is 0. The zero-order valence-corrected chi connectivity index (χ0v) is 18.7. The van der Waals surface area contributed by atoms with Gasteiger partial charge in [0, 0.05) is 49.8 Å². The zero-order valence-electron chi connectivity index (χ0n) is 18.7. The molecule has 0 bridgehead atoms. The van der Waals surface area contributed by atoms with E-state index in [1.54, 1.807) is 28.4 Å². The topological polar surface area (TPSA) is 113 Å². The highest BCUT2D eigenvalue weighted by molar-refractivity contribution is 4.94. The second kappa shape index (κ2) is 12.6. The van der Waals surface area contributed by atoms with Gasteiger partial charge in [-0.1, -0.05) is 0 Å². The van der Waals surface area contributed by atoms with Crippen molar-refractivity contribution in [1.29, 1.82) is 0 Å². The summed E-state index contributed by atoms with van der Waals surface area (Å²) in [4.78, 5) is 0. The molecule has 2 fully saturated rings. The Morgan fingerprint density at radius 1 is 0.567 bits per heavy atom. The maximum Gasteiger partial charge on any atom is 0.187 e. The van der Waals surface area contributed by atoms with Gasteiger partial charge < -0.3 is 52.5 Å². The summed E-state index contributed by atoms with van der Waals surface area (Å²) in [7, 11) is 10.7. The van der Waals surface area contributed by atoms with Gasteiger partial charge in [-0.05, 0) is 0 Å². The number of rotatable bonds is 11. The fraction of sp³-hybridized carbons (Fsp3) is 1.00. The largest absolute Gasteiger partial charge is 0.387 e. The Balaban J connectivity index is 2.12. The van der Waals surface area contributed by atoms with E-state index in [1.807, 2.05) is 0 Å². The van der Waals surface area contributed by atoms with E-state index in [9.17, 15) is 5.11 Å². The number of aliphatic hydroxyl groups excluding tert-OH is 1. The van der Waals surface area contributed by atoms with Crippen LogP contribution in [0.4, 0.5) is 0 Å². The van der Waals surface area contributed by atoms with Gasteiger partial charge in [0.05, 0.1) is 13.2 Å². The Morgan fingerprint density at radius 3 is 1.60 bits per heavy atom. The second-order valence-corrected chi connectivity index (χ2v) is 7.10. The van der Waals surface area contributed by atoms with Crippen molar-refractivity contribution in [3.8, 4) is 0 Å². The lowest BCUT2D eigenvalue weighted by Gasteiger charge is -2.46. The predicted molar refractivity (Wildman–Crippen MR) is 102 cm³/mol. The Labute approximate surface area is 177 Å². The molecule has 0 saturated carbocycles. The first-order valence-corrected chi connectivity index (χ1v) is 9.77. The number of ether oxygens (including phenoxy) is 10. The van der Waals surface area contributed by atoms with Crippen molar-refractivity contribution in [2.75, 3.05) is 63.0 Å². The highest BCUT2D eigenvalue weighted by Gasteiger charge is 2.50. The van der Waals surface area contributed by atoms with Crippen LogP contribution in [0.25, 0.3) is 0 Å². The first kappa shape index (κ1) is 25.8. The lowest BCUT2D eigenvalue weighted by molar-refractivity contribution is -0.337. The van der Waals surface area contributed by atoms with E-state index in [-0.39, 0.29) is 13.2 Å². The second-order valence-electron chi connectivity index (χ2n) is 7.10. The number of methoxy groups -OCH3 is 7. The molecule has 10 atom stereocenters. The smallest absolute Gasteiger partial charge is 0.187 e. The molecule has 11 heteroatoms. The molecule has 1 N–H and O–H groups in total. The molecule has 0 aromatic carbocycles. The van der Waals surface area contributed by atoms with Crippen LogP contribution in [0.3, 0.4) is 0 Å². The van der Waals surface area contributed by atoms with Crippen molar-refractivity contribution in [1.82, 2.24) is 0 Å². The van der Waals surface area contributed by atoms with Gasteiger partial charge in [-0.25, -0.2) is 0 Å². The standard InChI is InChI=1S/C19H36O11/c1-21-8-10-14(23-3)16(25-5)17(26-6)19(30-10)28-9-11-13(22-2)12(20)15(24-4)18(27-7)29-11/h10-20H,8-9H2,1-7H3/t10-,11-,12+,13+,14+,15-,16+,17-,18-,19-/m1/s1. The minimum Gasteiger partial charge on any atom is -0.387 e. The van der Waals surface area contributed by atoms with E-state index < -0.39 is 61.4 Å². The molecule has 2 aliphatic heterocycles. The van der Waals surface area contributed by atoms with Crippen molar-refractivity contribution in [2.45, 2.75) is 61.4 Å². The Morgan fingerprint density at radius 2 is 1.10 bits per heavy atom. The van der Waals surface area contributed by atoms with E-state index >= 15 is 0 Å². The van der Waals surface area contributed by atoms with Crippen LogP contribution >= 0.6 is 0 Å². The number of aliphatic hydroxyl groups is 1. The monoisotopic (exact) mass is 440 g/mol. The molecule has 0 aromatic heterocycles. The van der Waals surface area contributed by atoms with Crippen LogP contribution in [0, 0.1) is 0 Å². The lowest BCUT2D eigenvalue weighted by Crippen LogP contribution is -2.63. The molecule has 2 rings (SSSR count). The molecule has 178 valence electrons. The third kappa shape index (κ3) is 5.48. The average molecular weight is 440 g/mol. The first-order valence-electron chi connectivity index (χ1n) is 9.77. The molecule has 0 spiro atoms. The highest BCUT2D eigenvalue weighted by atomic mass is 16.7. The number of hydrogen-bond acceptors (Lipinski definition) is 11. The summed E-state index contributed by atoms with van der Waals surface area (Å²) in [6, 6.07) is 0. The van der Waals surface area contributed by atoms with Crippen LogP contribution in [0.5, 0.6) is 0 Å². The van der Waals surface area contributed by atoms with E-state index in [4.69, 9.17) is 47.4 Å². The maximum absolute atomic E-state index is 10.6. The lowest BCUT2D eigenvalue weighted by atomic mass is 9.97. The minimum atomic E-state index is -0.969. The fourth-order valence-electron chi connectivity index (χ4n) is 4.06. The van der Waals surface area contributed by atoms with Crippen LogP contribution in [-0.2, 0) is 47.4 Å². The van der Waals surface area contributed by atoms with Gasteiger partial charge in [-0.15, -0.1) is 0 Å². The van der Waals surface area contributed by atoms with Crippen molar-refractivity contribution in [2.24, 2.45) is 0 Å². The van der Waals surface area contributed by atoms with Gasteiger partial charge >= 0.3 is 0 Å². The van der Waals surface area contributed by atoms with Crippen LogP contribution in [0.15, 0.2) is 0 Å². The highest BCUT2D eigenvalue weighted by Crippen LogP contribution is 2.30. The maximum atomic E-state index is 10.6. The molecule has 0 radical (unpaired) electrons. The molecule has 0 aliphatic carbocycles. The first-order chi connectivity index (χ1) is 14.5. The molecule has 30 heavy (non-hydrogen) atoms. The minimum absolute atomic E-state index is 0.0458. The molecule has 0 amide bonds. The third-order valence-electron chi connectivity index (χ3n) is 5.56. The molecular formula is C19H36O11. The van der Waals surface area contributed by atoms with Crippen molar-refractivity contribution in [3.63, 3.8) is 0 Å². The van der Waals surface area contributed by atoms with Gasteiger partial charge in [0.1, 0.15) is 48.8 Å². The SMILES string of the molecule is COC[C@H]1O[C@@H](OC[C@H]2O[C@@H](OC)[C@H](OC)[C@@H](O)[C@H]2OC)[C@H](OC)[C@@H](OC)[C@H]1OC. The number of hydrogen-bond donors (Lipinski definition) is 1. The van der Waals surface area contributed by atoms with E-state index in [2.05, 4.69) is 0 Å². The molecular weight excluding hydrogens is 404 g/mol. The van der Waals surface area contributed by atoms with E-state index in [1.165, 1.54) is 21.3 Å². The van der Waals surface area contributed by atoms with Crippen LogP contribution in [0.2, 0.25) is 0 Å². The van der Waals surface area contributed by atoms with Crippen molar-refractivity contribution < 1.29 is 52.5 Å². The molecule has 11 nitrogen and oxygen atoms in total. The van der Waals surface area contributed by atoms with Gasteiger partial charge in [-0.3, -0.25) is 0 Å². The average Bonchev–Trinajstić information content (AvgIpc) is 2.76. The summed E-state index contributed by atoms with van der Waals surface area (Å²) in [5, 5.41) is 10.6. The summed E-state index contributed by atoms with van der Waals surface area (Å²) < 4.78 is 56.1. The van der Waals surface area contributed by atoms with Gasteiger partial charge in [0.25, 0.3) is 0 Å². The Kier molecular flexibility index (Phi) is 10.8. The zero-order chi connectivity index (χ0) is 22.3. The van der Waals surface area contributed by atoms with Crippen molar-refractivity contribution >= 4 is 0 Å².